The largest absolute Gasteiger partial charge is 0.469 e. The number of nitrogens with one attached hydrogen (secondary N) is 1. The molecule has 0 bridgehead atoms. The number of ether oxygens (including phenoxy) is 2. The molecule has 5 N–H and O–H groups in total. The molecule has 2 unspecified atom stereocenters. The Kier molecular flexibility index (Phi) is 12.1. The fraction of sp³-hybridized carbons (Fsp3) is 0.484. The van der Waals surface area contributed by atoms with Crippen molar-refractivity contribution >= 4 is 23.9 Å². The van der Waals surface area contributed by atoms with Gasteiger partial charge in [0.15, 0.2) is 0 Å². The molecule has 3 rings (SSSR count). The van der Waals surface area contributed by atoms with Crippen LogP contribution in [0.25, 0.3) is 11.1 Å². The van der Waals surface area contributed by atoms with E-state index < -0.39 is 18.1 Å². The maximum Gasteiger partial charge on any atom is 0.436 e. The lowest BCUT2D eigenvalue weighted by molar-refractivity contribution is -0.146. The molecule has 0 aromatic heterocycles. The number of nitrogens with two attached hydrogens (primary N) is 2. The number of hydrogen-bond acceptors (Lipinski definition) is 6. The maximum absolute atomic E-state index is 13.0. The first-order valence-electron chi connectivity index (χ1n) is 14.3. The Hall–Kier alpha value is -3.92. The van der Waals surface area contributed by atoms with E-state index in [1.807, 2.05) is 48.2 Å². The number of guanidine groups is 1. The molecule has 1 aliphatic rings. The zero-order valence-corrected chi connectivity index (χ0v) is 24.3. The number of hydrogen-bond donors (Lipinski definition) is 3. The van der Waals surface area contributed by atoms with E-state index in [9.17, 15) is 14.4 Å². The number of benzene rings is 2. The van der Waals surface area contributed by atoms with Crippen molar-refractivity contribution in [1.29, 1.82) is 0 Å². The van der Waals surface area contributed by atoms with E-state index in [2.05, 4.69) is 10.3 Å². The van der Waals surface area contributed by atoms with Gasteiger partial charge in [-0.1, -0.05) is 36.8 Å². The minimum atomic E-state index is -0.683. The summed E-state index contributed by atoms with van der Waals surface area (Å²) in [5, 5.41) is 2.99. The number of amides is 2. The molecule has 10 heteroatoms. The van der Waals surface area contributed by atoms with Crippen molar-refractivity contribution in [1.82, 2.24) is 10.2 Å². The summed E-state index contributed by atoms with van der Waals surface area (Å²) in [5.41, 5.74) is 15.4. The van der Waals surface area contributed by atoms with Crippen LogP contribution in [0.3, 0.4) is 0 Å². The van der Waals surface area contributed by atoms with Crippen molar-refractivity contribution < 1.29 is 23.9 Å². The lowest BCUT2D eigenvalue weighted by Crippen LogP contribution is -2.44. The Morgan fingerprint density at radius 2 is 1.90 bits per heavy atom. The number of methoxy groups -OCH3 is 1. The molecule has 1 fully saturated rings. The van der Waals surface area contributed by atoms with Crippen LogP contribution >= 0.6 is 0 Å². The normalized spacial score (nSPS) is 16.9. The molecule has 10 nitrogen and oxygen atoms in total. The number of likely N-dealkylation sites (tertiary alicyclic amines) is 1. The summed E-state index contributed by atoms with van der Waals surface area (Å²) >= 11 is 0. The van der Waals surface area contributed by atoms with E-state index in [1.165, 1.54) is 7.11 Å². The van der Waals surface area contributed by atoms with Gasteiger partial charge in [0.25, 0.3) is 5.91 Å². The van der Waals surface area contributed by atoms with E-state index in [0.29, 0.717) is 31.0 Å². The highest BCUT2D eigenvalue weighted by atomic mass is 16.5. The first kappa shape index (κ1) is 31.6. The summed E-state index contributed by atoms with van der Waals surface area (Å²) in [6, 6.07) is 15.0. The third-order valence-electron chi connectivity index (χ3n) is 7.55. The summed E-state index contributed by atoms with van der Waals surface area (Å²) < 4.78 is 9.92. The zero-order valence-electron chi connectivity index (χ0n) is 24.3. The number of piperidine rings is 1. The first-order valence-corrected chi connectivity index (χ1v) is 14.3. The summed E-state index contributed by atoms with van der Waals surface area (Å²) in [6.07, 6.45) is 3.53. The standard InChI is InChI=1S/C31H43N5O5/c1-4-41-31(39)35-30(33)36-17-7-10-22(20-36)8-6-12-27(29(38)40-3)21(2)34-28(37)25-15-13-24(14-16-25)26-11-5-9-23(18-26)19-32/h5,9,11,13-16,18,21-22,27H,4,6-8,10,12,17,19-20,32H2,1-3H3,(H,34,37)(H2,33,35,39)/t21?,22?,27-/m1/s1. The Labute approximate surface area is 242 Å². The molecule has 1 aliphatic heterocycles. The highest BCUT2D eigenvalue weighted by Crippen LogP contribution is 2.25. The Balaban J connectivity index is 1.54. The molecule has 0 saturated carbocycles. The van der Waals surface area contributed by atoms with E-state index in [0.717, 1.165) is 48.9 Å². The van der Waals surface area contributed by atoms with E-state index >= 15 is 0 Å². The fourth-order valence-electron chi connectivity index (χ4n) is 5.26. The Morgan fingerprint density at radius 1 is 1.15 bits per heavy atom. The second-order valence-electron chi connectivity index (χ2n) is 10.4. The van der Waals surface area contributed by atoms with E-state index in [-0.39, 0.29) is 24.4 Å². The zero-order chi connectivity index (χ0) is 29.8. The lowest BCUT2D eigenvalue weighted by atomic mass is 9.88. The van der Waals surface area contributed by atoms with Crippen molar-refractivity contribution in [3.63, 3.8) is 0 Å². The average molecular weight is 566 g/mol. The molecule has 2 aromatic carbocycles. The van der Waals surface area contributed by atoms with E-state index in [1.54, 1.807) is 19.1 Å². The molecule has 0 spiro atoms. The molecular weight excluding hydrogens is 522 g/mol. The van der Waals surface area contributed by atoms with Gasteiger partial charge in [-0.25, -0.2) is 4.79 Å². The van der Waals surface area contributed by atoms with Gasteiger partial charge in [0.05, 0.1) is 19.6 Å². The predicted octanol–water partition coefficient (Wildman–Crippen LogP) is 4.07. The summed E-state index contributed by atoms with van der Waals surface area (Å²) in [5.74, 6) is -0.532. The fourth-order valence-corrected chi connectivity index (χ4v) is 5.26. The third-order valence-corrected chi connectivity index (χ3v) is 7.55. The van der Waals surface area contributed by atoms with Gasteiger partial charge in [0.1, 0.15) is 0 Å². The smallest absolute Gasteiger partial charge is 0.436 e. The van der Waals surface area contributed by atoms with Gasteiger partial charge in [-0.3, -0.25) is 9.59 Å². The molecule has 0 radical (unpaired) electrons. The van der Waals surface area contributed by atoms with Crippen LogP contribution in [0.5, 0.6) is 0 Å². The highest BCUT2D eigenvalue weighted by Gasteiger charge is 2.28. The molecule has 222 valence electrons. The Morgan fingerprint density at radius 3 is 2.59 bits per heavy atom. The van der Waals surface area contributed by atoms with Gasteiger partial charge in [-0.15, -0.1) is 4.99 Å². The van der Waals surface area contributed by atoms with Crippen molar-refractivity contribution in [2.45, 2.75) is 58.5 Å². The SMILES string of the molecule is CCOC(=O)/N=C(\N)N1CCCC(CCC[C@@H](C(=O)OC)C(C)NC(=O)c2ccc(-c3cccc(CN)c3)cc2)C1. The van der Waals surface area contributed by atoms with Crippen LogP contribution in [0.2, 0.25) is 0 Å². The van der Waals surface area contributed by atoms with E-state index in [4.69, 9.17) is 20.9 Å². The molecular formula is C31H43N5O5. The van der Waals surface area contributed by atoms with Crippen LogP contribution < -0.4 is 16.8 Å². The number of esters is 1. The third kappa shape index (κ3) is 9.31. The van der Waals surface area contributed by atoms with Crippen LogP contribution in [0.4, 0.5) is 4.79 Å². The highest BCUT2D eigenvalue weighted by molar-refractivity contribution is 5.95. The van der Waals surface area contributed by atoms with Crippen LogP contribution in [-0.2, 0) is 20.8 Å². The molecule has 1 heterocycles. The van der Waals surface area contributed by atoms with Gasteiger partial charge in [0, 0.05) is 31.2 Å². The van der Waals surface area contributed by atoms with Crippen molar-refractivity contribution in [2.24, 2.45) is 28.3 Å². The van der Waals surface area contributed by atoms with Gasteiger partial charge in [-0.05, 0) is 80.3 Å². The lowest BCUT2D eigenvalue weighted by Gasteiger charge is -2.33. The number of rotatable bonds is 11. The quantitative estimate of drug-likeness (QED) is 0.210. The van der Waals surface area contributed by atoms with Crippen LogP contribution in [0.15, 0.2) is 53.5 Å². The summed E-state index contributed by atoms with van der Waals surface area (Å²) in [7, 11) is 1.37. The second kappa shape index (κ2) is 15.8. The average Bonchev–Trinajstić information content (AvgIpc) is 2.99. The molecule has 41 heavy (non-hydrogen) atoms. The first-order chi connectivity index (χ1) is 19.7. The molecule has 3 atom stereocenters. The van der Waals surface area contributed by atoms with Crippen molar-refractivity contribution in [2.75, 3.05) is 26.8 Å². The monoisotopic (exact) mass is 565 g/mol. The van der Waals surface area contributed by atoms with Gasteiger partial charge in [0.2, 0.25) is 5.96 Å². The van der Waals surface area contributed by atoms with Crippen LogP contribution in [0.1, 0.15) is 61.9 Å². The van der Waals surface area contributed by atoms with Crippen molar-refractivity contribution in [3.05, 3.63) is 59.7 Å². The van der Waals surface area contributed by atoms with Gasteiger partial charge < -0.3 is 31.2 Å². The minimum Gasteiger partial charge on any atom is -0.469 e. The topological polar surface area (TPSA) is 149 Å². The number of carbonyl (C=O) groups excluding carboxylic acids is 3. The molecule has 0 aliphatic carbocycles. The van der Waals surface area contributed by atoms with Gasteiger partial charge >= 0.3 is 12.1 Å². The maximum atomic E-state index is 13.0. The Bertz CT molecular complexity index is 1200. The van der Waals surface area contributed by atoms with Crippen LogP contribution in [-0.4, -0.2) is 61.7 Å². The number of aliphatic imine (C=N–C) groups is 1. The predicted molar refractivity (Wildman–Crippen MR) is 159 cm³/mol. The molecule has 1 saturated heterocycles. The van der Waals surface area contributed by atoms with Crippen LogP contribution in [0, 0.1) is 11.8 Å². The molecule has 2 aromatic rings. The van der Waals surface area contributed by atoms with Crippen molar-refractivity contribution in [3.8, 4) is 11.1 Å². The molecule has 2 amide bonds. The minimum absolute atomic E-state index is 0.175. The summed E-state index contributed by atoms with van der Waals surface area (Å²) in [6.45, 7) is 5.69. The summed E-state index contributed by atoms with van der Waals surface area (Å²) in [4.78, 5) is 43.0. The number of carbonyl (C=O) groups is 3. The van der Waals surface area contributed by atoms with Gasteiger partial charge in [-0.2, -0.15) is 0 Å². The second-order valence-corrected chi connectivity index (χ2v) is 10.4. The number of nitrogens with zero attached hydrogens (tertiary/aromatic N) is 2.